The Kier molecular flexibility index (Phi) is 5.31. The van der Waals surface area contributed by atoms with Gasteiger partial charge < -0.3 is 10.1 Å². The second kappa shape index (κ2) is 7.82. The lowest BCUT2D eigenvalue weighted by molar-refractivity contribution is 0.102. The number of nitrogens with one attached hydrogen (secondary N) is 1. The van der Waals surface area contributed by atoms with E-state index in [0.29, 0.717) is 17.3 Å². The first kappa shape index (κ1) is 17.7. The topological polar surface area (TPSA) is 69.0 Å². The molecule has 1 amide bonds. The average molecular weight is 350 g/mol. The van der Waals surface area contributed by atoms with Gasteiger partial charge in [0.25, 0.3) is 5.91 Å². The van der Waals surface area contributed by atoms with E-state index in [9.17, 15) is 4.79 Å². The zero-order chi connectivity index (χ0) is 18.5. The summed E-state index contributed by atoms with van der Waals surface area (Å²) in [6.45, 7) is 5.97. The molecule has 0 radical (unpaired) electrons. The number of anilines is 1. The van der Waals surface area contributed by atoms with Gasteiger partial charge in [0.05, 0.1) is 11.8 Å². The molecule has 2 aromatic heterocycles. The molecule has 1 N–H and O–H groups in total. The Morgan fingerprint density at radius 3 is 2.50 bits per heavy atom. The summed E-state index contributed by atoms with van der Waals surface area (Å²) in [7, 11) is 0. The van der Waals surface area contributed by atoms with Gasteiger partial charge >= 0.3 is 0 Å². The molecule has 1 atom stereocenters. The van der Waals surface area contributed by atoms with E-state index in [1.807, 2.05) is 51.1 Å². The number of carbonyl (C=O) groups excluding carboxylic acids is 1. The molecule has 0 aliphatic heterocycles. The summed E-state index contributed by atoms with van der Waals surface area (Å²) in [5.74, 6) is 0.899. The van der Waals surface area contributed by atoms with E-state index in [1.165, 1.54) is 6.20 Å². The summed E-state index contributed by atoms with van der Waals surface area (Å²) in [4.78, 5) is 16.7. The van der Waals surface area contributed by atoms with Crippen molar-refractivity contribution >= 4 is 11.7 Å². The maximum absolute atomic E-state index is 12.4. The molecular formula is C20H22N4O2. The van der Waals surface area contributed by atoms with E-state index in [0.717, 1.165) is 5.56 Å². The van der Waals surface area contributed by atoms with Gasteiger partial charge in [0.2, 0.25) is 5.88 Å². The van der Waals surface area contributed by atoms with Crippen molar-refractivity contribution in [3.8, 4) is 5.88 Å². The van der Waals surface area contributed by atoms with Crippen molar-refractivity contribution in [2.75, 3.05) is 5.32 Å². The van der Waals surface area contributed by atoms with Crippen molar-refractivity contribution in [1.82, 2.24) is 14.8 Å². The van der Waals surface area contributed by atoms with Crippen LogP contribution in [-0.2, 0) is 0 Å². The van der Waals surface area contributed by atoms with Crippen molar-refractivity contribution in [1.29, 1.82) is 0 Å². The number of nitrogens with zero attached hydrogens (tertiary/aromatic N) is 3. The number of ether oxygens (including phenoxy) is 1. The van der Waals surface area contributed by atoms with Crippen LogP contribution in [0.2, 0.25) is 0 Å². The van der Waals surface area contributed by atoms with Crippen LogP contribution < -0.4 is 10.1 Å². The summed E-state index contributed by atoms with van der Waals surface area (Å²) in [6.07, 6.45) is 3.05. The molecule has 6 heteroatoms. The summed E-state index contributed by atoms with van der Waals surface area (Å²) in [5, 5.41) is 7.06. The zero-order valence-electron chi connectivity index (χ0n) is 15.1. The molecule has 0 saturated carbocycles. The molecule has 0 spiro atoms. The first-order chi connectivity index (χ1) is 12.5. The monoisotopic (exact) mass is 350 g/mol. The molecule has 0 aliphatic carbocycles. The second-order valence-corrected chi connectivity index (χ2v) is 6.26. The lowest BCUT2D eigenvalue weighted by Crippen LogP contribution is -2.17. The highest BCUT2D eigenvalue weighted by atomic mass is 16.5. The average Bonchev–Trinajstić information content (AvgIpc) is 3.11. The second-order valence-electron chi connectivity index (χ2n) is 6.26. The van der Waals surface area contributed by atoms with Crippen LogP contribution in [0.3, 0.4) is 0 Å². The number of aromatic nitrogens is 3. The van der Waals surface area contributed by atoms with Crippen LogP contribution in [0.1, 0.15) is 48.8 Å². The molecule has 6 nitrogen and oxygen atoms in total. The third kappa shape index (κ3) is 4.08. The molecule has 2 heterocycles. The van der Waals surface area contributed by atoms with E-state index in [-0.39, 0.29) is 18.1 Å². The number of hydrogen-bond acceptors (Lipinski definition) is 4. The van der Waals surface area contributed by atoms with Crippen LogP contribution in [0.15, 0.2) is 60.9 Å². The van der Waals surface area contributed by atoms with Crippen LogP contribution >= 0.6 is 0 Å². The molecule has 134 valence electrons. The highest BCUT2D eigenvalue weighted by Gasteiger charge is 2.13. The Morgan fingerprint density at radius 2 is 1.85 bits per heavy atom. The number of amides is 1. The molecule has 0 saturated heterocycles. The fraction of sp³-hybridized carbons (Fsp3) is 0.250. The fourth-order valence-corrected chi connectivity index (χ4v) is 2.57. The Balaban J connectivity index is 1.65. The Labute approximate surface area is 152 Å². The summed E-state index contributed by atoms with van der Waals surface area (Å²) in [6, 6.07) is 15.2. The lowest BCUT2D eigenvalue weighted by Gasteiger charge is -2.14. The highest BCUT2D eigenvalue weighted by Crippen LogP contribution is 2.20. The maximum atomic E-state index is 12.4. The molecular weight excluding hydrogens is 328 g/mol. The number of rotatable bonds is 6. The number of pyridine rings is 1. The Bertz CT molecular complexity index is 857. The van der Waals surface area contributed by atoms with Gasteiger partial charge in [-0.2, -0.15) is 5.10 Å². The van der Waals surface area contributed by atoms with Crippen molar-refractivity contribution in [3.05, 3.63) is 72.1 Å². The molecule has 26 heavy (non-hydrogen) atoms. The van der Waals surface area contributed by atoms with E-state index in [4.69, 9.17) is 4.74 Å². The maximum Gasteiger partial charge on any atom is 0.258 e. The van der Waals surface area contributed by atoms with Crippen LogP contribution in [0.4, 0.5) is 5.82 Å². The van der Waals surface area contributed by atoms with Crippen molar-refractivity contribution in [2.24, 2.45) is 0 Å². The SMILES string of the molecule is CC(C)n1nccc1NC(=O)c1ccc(O[C@@H](C)c2ccccc2)nc1. The first-order valence-electron chi connectivity index (χ1n) is 8.57. The van der Waals surface area contributed by atoms with E-state index in [1.54, 1.807) is 29.1 Å². The quantitative estimate of drug-likeness (QED) is 0.721. The van der Waals surface area contributed by atoms with Gasteiger partial charge in [0.1, 0.15) is 11.9 Å². The van der Waals surface area contributed by atoms with Crippen molar-refractivity contribution < 1.29 is 9.53 Å². The predicted molar refractivity (Wildman–Crippen MR) is 100 cm³/mol. The van der Waals surface area contributed by atoms with Gasteiger partial charge in [-0.05, 0) is 32.4 Å². The highest BCUT2D eigenvalue weighted by molar-refractivity contribution is 6.03. The molecule has 1 aromatic carbocycles. The number of carbonyl (C=O) groups is 1. The lowest BCUT2D eigenvalue weighted by atomic mass is 10.1. The molecule has 0 unspecified atom stereocenters. The number of benzene rings is 1. The minimum Gasteiger partial charge on any atom is -0.470 e. The minimum atomic E-state index is -0.234. The van der Waals surface area contributed by atoms with Crippen molar-refractivity contribution in [3.63, 3.8) is 0 Å². The normalized spacial score (nSPS) is 12.0. The van der Waals surface area contributed by atoms with Gasteiger partial charge in [-0.3, -0.25) is 4.79 Å². The molecule has 0 bridgehead atoms. The van der Waals surface area contributed by atoms with Crippen LogP contribution in [0.5, 0.6) is 5.88 Å². The van der Waals surface area contributed by atoms with Crippen LogP contribution in [0.25, 0.3) is 0 Å². The largest absolute Gasteiger partial charge is 0.470 e. The van der Waals surface area contributed by atoms with Crippen LogP contribution in [0, 0.1) is 0 Å². The molecule has 3 rings (SSSR count). The van der Waals surface area contributed by atoms with Gasteiger partial charge in [-0.1, -0.05) is 30.3 Å². The third-order valence-electron chi connectivity index (χ3n) is 3.97. The Morgan fingerprint density at radius 1 is 1.08 bits per heavy atom. The minimum absolute atomic E-state index is 0.122. The van der Waals surface area contributed by atoms with E-state index in [2.05, 4.69) is 15.4 Å². The standard InChI is InChI=1S/C20H22N4O2/c1-14(2)24-18(11-12-22-24)23-20(25)17-9-10-19(21-13-17)26-15(3)16-7-5-4-6-8-16/h4-15H,1-3H3,(H,23,25)/t15-/m0/s1. The summed E-state index contributed by atoms with van der Waals surface area (Å²) >= 11 is 0. The summed E-state index contributed by atoms with van der Waals surface area (Å²) in [5.41, 5.74) is 1.53. The smallest absolute Gasteiger partial charge is 0.258 e. The fourth-order valence-electron chi connectivity index (χ4n) is 2.57. The van der Waals surface area contributed by atoms with Gasteiger partial charge in [-0.25, -0.2) is 9.67 Å². The van der Waals surface area contributed by atoms with E-state index >= 15 is 0 Å². The van der Waals surface area contributed by atoms with Crippen LogP contribution in [-0.4, -0.2) is 20.7 Å². The number of hydrogen-bond donors (Lipinski definition) is 1. The predicted octanol–water partition coefficient (Wildman–Crippen LogP) is 4.25. The van der Waals surface area contributed by atoms with Gasteiger partial charge in [0.15, 0.2) is 0 Å². The van der Waals surface area contributed by atoms with Gasteiger partial charge in [-0.15, -0.1) is 0 Å². The van der Waals surface area contributed by atoms with Gasteiger partial charge in [0, 0.05) is 24.4 Å². The van der Waals surface area contributed by atoms with Crippen molar-refractivity contribution in [2.45, 2.75) is 32.9 Å². The molecule has 3 aromatic rings. The zero-order valence-corrected chi connectivity index (χ0v) is 15.1. The molecule has 0 fully saturated rings. The third-order valence-corrected chi connectivity index (χ3v) is 3.97. The van der Waals surface area contributed by atoms with E-state index < -0.39 is 0 Å². The Hall–Kier alpha value is -3.15. The molecule has 0 aliphatic rings. The summed E-state index contributed by atoms with van der Waals surface area (Å²) < 4.78 is 7.59. The first-order valence-corrected chi connectivity index (χ1v) is 8.57.